The normalized spacial score (nSPS) is 14.2. The highest BCUT2D eigenvalue weighted by atomic mass is 32.2. The Balaban J connectivity index is 1.58. The van der Waals surface area contributed by atoms with E-state index < -0.39 is 0 Å². The predicted octanol–water partition coefficient (Wildman–Crippen LogP) is 3.22. The van der Waals surface area contributed by atoms with Gasteiger partial charge in [-0.3, -0.25) is 9.69 Å². The van der Waals surface area contributed by atoms with Crippen molar-refractivity contribution in [1.82, 2.24) is 24.1 Å². The molecule has 3 heterocycles. The molecule has 0 fully saturated rings. The summed E-state index contributed by atoms with van der Waals surface area (Å²) in [5.41, 5.74) is 4.32. The van der Waals surface area contributed by atoms with Gasteiger partial charge < -0.3 is 4.57 Å². The van der Waals surface area contributed by atoms with Gasteiger partial charge in [-0.05, 0) is 17.4 Å². The Morgan fingerprint density at radius 2 is 1.63 bits per heavy atom. The van der Waals surface area contributed by atoms with Crippen LogP contribution >= 0.6 is 11.8 Å². The molecule has 0 amide bonds. The number of nitrogens with zero attached hydrogens (tertiary/aromatic N) is 5. The van der Waals surface area contributed by atoms with Crippen molar-refractivity contribution in [1.29, 1.82) is 0 Å². The van der Waals surface area contributed by atoms with Crippen LogP contribution in [0.15, 0.2) is 70.6 Å². The van der Waals surface area contributed by atoms with E-state index in [0.717, 1.165) is 30.8 Å². The second-order valence-electron chi connectivity index (χ2n) is 7.56. The third kappa shape index (κ3) is 3.55. The minimum atomic E-state index is -0.0464. The molecule has 2 aromatic carbocycles. The van der Waals surface area contributed by atoms with Crippen LogP contribution in [0, 0.1) is 0 Å². The molecule has 2 aromatic heterocycles. The monoisotopic (exact) mass is 417 g/mol. The molecule has 0 radical (unpaired) electrons. The summed E-state index contributed by atoms with van der Waals surface area (Å²) in [6.07, 6.45) is 2.75. The Morgan fingerprint density at radius 3 is 2.30 bits per heavy atom. The van der Waals surface area contributed by atoms with E-state index in [9.17, 15) is 4.79 Å². The van der Waals surface area contributed by atoms with Crippen molar-refractivity contribution in [2.24, 2.45) is 0 Å². The second kappa shape index (κ2) is 8.08. The summed E-state index contributed by atoms with van der Waals surface area (Å²) in [6.45, 7) is 3.06. The Bertz CT molecular complexity index is 1230. The van der Waals surface area contributed by atoms with Crippen LogP contribution in [-0.2, 0) is 26.1 Å². The van der Waals surface area contributed by atoms with Gasteiger partial charge in [0.25, 0.3) is 5.56 Å². The predicted molar refractivity (Wildman–Crippen MR) is 119 cm³/mol. The van der Waals surface area contributed by atoms with E-state index in [2.05, 4.69) is 55.9 Å². The molecule has 0 aliphatic carbocycles. The van der Waals surface area contributed by atoms with Crippen LogP contribution in [0.25, 0.3) is 5.78 Å². The molecular weight excluding hydrogens is 394 g/mol. The molecule has 0 bridgehead atoms. The van der Waals surface area contributed by atoms with Gasteiger partial charge in [-0.2, -0.15) is 9.50 Å². The number of aromatic nitrogens is 4. The lowest BCUT2D eigenvalue weighted by Gasteiger charge is -2.30. The number of benzene rings is 2. The molecule has 0 saturated carbocycles. The van der Waals surface area contributed by atoms with Crippen molar-refractivity contribution in [3.8, 4) is 0 Å². The molecule has 0 unspecified atom stereocenters. The number of hydrogen-bond donors (Lipinski definition) is 0. The lowest BCUT2D eigenvalue weighted by molar-refractivity contribution is 0.238. The average molecular weight is 418 g/mol. The van der Waals surface area contributed by atoms with E-state index in [4.69, 9.17) is 0 Å². The van der Waals surface area contributed by atoms with Crippen LogP contribution in [0.1, 0.15) is 22.4 Å². The third-order valence-electron chi connectivity index (χ3n) is 5.60. The molecule has 1 aliphatic rings. The molecule has 1 aliphatic heterocycles. The van der Waals surface area contributed by atoms with E-state index >= 15 is 0 Å². The van der Waals surface area contributed by atoms with Crippen molar-refractivity contribution < 1.29 is 0 Å². The molecule has 152 valence electrons. The van der Waals surface area contributed by atoms with Gasteiger partial charge in [0.05, 0.1) is 12.1 Å². The highest BCUT2D eigenvalue weighted by Crippen LogP contribution is 2.22. The van der Waals surface area contributed by atoms with Gasteiger partial charge in [0.1, 0.15) is 0 Å². The van der Waals surface area contributed by atoms with Crippen molar-refractivity contribution >= 4 is 17.5 Å². The van der Waals surface area contributed by atoms with Gasteiger partial charge in [-0.1, -0.05) is 72.4 Å². The number of hydrogen-bond acceptors (Lipinski definition) is 5. The Morgan fingerprint density at radius 1 is 0.967 bits per heavy atom. The van der Waals surface area contributed by atoms with E-state index in [-0.39, 0.29) is 5.56 Å². The first-order valence-electron chi connectivity index (χ1n) is 10.1. The van der Waals surface area contributed by atoms with Gasteiger partial charge in [0.2, 0.25) is 10.9 Å². The summed E-state index contributed by atoms with van der Waals surface area (Å²) < 4.78 is 3.66. The molecule has 0 saturated heterocycles. The smallest absolute Gasteiger partial charge is 0.280 e. The minimum Gasteiger partial charge on any atom is -0.309 e. The zero-order chi connectivity index (χ0) is 20.5. The number of rotatable bonds is 5. The molecular formula is C23H23N5OS. The summed E-state index contributed by atoms with van der Waals surface area (Å²) in [4.78, 5) is 20.3. The maximum atomic E-state index is 13.3. The lowest BCUT2D eigenvalue weighted by atomic mass is 10.0. The fourth-order valence-corrected chi connectivity index (χ4v) is 4.47. The largest absolute Gasteiger partial charge is 0.309 e. The fourth-order valence-electron chi connectivity index (χ4n) is 4.14. The van der Waals surface area contributed by atoms with Gasteiger partial charge in [-0.25, -0.2) is 0 Å². The summed E-state index contributed by atoms with van der Waals surface area (Å²) in [7, 11) is 0. The SMILES string of the molecule is CSc1nc2n(Cc3ccccc3)c3c(c(=O)n2n1)CN(Cc1ccccc1)CC3. The summed E-state index contributed by atoms with van der Waals surface area (Å²) in [6, 6.07) is 20.7. The highest BCUT2D eigenvalue weighted by Gasteiger charge is 2.26. The lowest BCUT2D eigenvalue weighted by Crippen LogP contribution is -2.38. The van der Waals surface area contributed by atoms with E-state index in [0.29, 0.717) is 24.0 Å². The fraction of sp³-hybridized carbons (Fsp3) is 0.261. The van der Waals surface area contributed by atoms with Crippen LogP contribution in [0.3, 0.4) is 0 Å². The standard InChI is InChI=1S/C23H23N5OS/c1-30-22-24-23-27(15-18-10-6-3-7-11-18)20-12-13-26(14-17-8-4-2-5-9-17)16-19(20)21(29)28(23)25-22/h2-11H,12-16H2,1H3. The van der Waals surface area contributed by atoms with Crippen LogP contribution in [0.2, 0.25) is 0 Å². The van der Waals surface area contributed by atoms with Crippen LogP contribution in [0.4, 0.5) is 0 Å². The molecule has 7 heteroatoms. The Labute approximate surface area is 179 Å². The first-order valence-corrected chi connectivity index (χ1v) is 11.3. The zero-order valence-corrected chi connectivity index (χ0v) is 17.7. The van der Waals surface area contributed by atoms with Gasteiger partial charge in [0.15, 0.2) is 0 Å². The molecule has 0 N–H and O–H groups in total. The van der Waals surface area contributed by atoms with E-state index in [1.54, 1.807) is 0 Å². The summed E-state index contributed by atoms with van der Waals surface area (Å²) in [5, 5.41) is 5.09. The van der Waals surface area contributed by atoms with Gasteiger partial charge >= 0.3 is 0 Å². The molecule has 5 rings (SSSR count). The van der Waals surface area contributed by atoms with E-state index in [1.807, 2.05) is 30.5 Å². The molecule has 4 aromatic rings. The molecule has 0 atom stereocenters. The molecule has 0 spiro atoms. The Hall–Kier alpha value is -2.90. The van der Waals surface area contributed by atoms with Crippen molar-refractivity contribution in [3.63, 3.8) is 0 Å². The van der Waals surface area contributed by atoms with Crippen LogP contribution in [-0.4, -0.2) is 36.9 Å². The topological polar surface area (TPSA) is 55.4 Å². The highest BCUT2D eigenvalue weighted by molar-refractivity contribution is 7.98. The first-order chi connectivity index (χ1) is 14.7. The molecule has 6 nitrogen and oxygen atoms in total. The summed E-state index contributed by atoms with van der Waals surface area (Å²) >= 11 is 1.46. The number of fused-ring (bicyclic) bond motifs is 2. The van der Waals surface area contributed by atoms with Crippen molar-refractivity contribution in [2.45, 2.75) is 31.2 Å². The van der Waals surface area contributed by atoms with Gasteiger partial charge in [-0.15, -0.1) is 5.10 Å². The Kier molecular flexibility index (Phi) is 5.14. The third-order valence-corrected chi connectivity index (χ3v) is 6.14. The van der Waals surface area contributed by atoms with Crippen LogP contribution in [0.5, 0.6) is 0 Å². The average Bonchev–Trinajstić information content (AvgIpc) is 3.23. The minimum absolute atomic E-state index is 0.0464. The quantitative estimate of drug-likeness (QED) is 0.467. The van der Waals surface area contributed by atoms with Gasteiger partial charge in [0, 0.05) is 31.7 Å². The first kappa shape index (κ1) is 19.1. The molecule has 30 heavy (non-hydrogen) atoms. The van der Waals surface area contributed by atoms with Crippen molar-refractivity contribution in [2.75, 3.05) is 12.8 Å². The maximum Gasteiger partial charge on any atom is 0.280 e. The zero-order valence-electron chi connectivity index (χ0n) is 16.9. The second-order valence-corrected chi connectivity index (χ2v) is 8.33. The summed E-state index contributed by atoms with van der Waals surface area (Å²) in [5.74, 6) is 0.628. The van der Waals surface area contributed by atoms with E-state index in [1.165, 1.54) is 27.4 Å². The van der Waals surface area contributed by atoms with Crippen molar-refractivity contribution in [3.05, 3.63) is 93.4 Å². The van der Waals surface area contributed by atoms with Crippen LogP contribution < -0.4 is 5.56 Å². The number of thioether (sulfide) groups is 1. The maximum absolute atomic E-state index is 13.3.